The molecule has 0 aliphatic rings. The zero-order valence-electron chi connectivity index (χ0n) is 14.1. The third-order valence-electron chi connectivity index (χ3n) is 3.83. The van der Waals surface area contributed by atoms with Crippen molar-refractivity contribution < 1.29 is 14.3 Å². The van der Waals surface area contributed by atoms with Crippen molar-refractivity contribution in [2.75, 3.05) is 14.2 Å². The number of carbonyl (C=O) groups is 1. The molecule has 1 amide bonds. The van der Waals surface area contributed by atoms with Gasteiger partial charge in [0, 0.05) is 30.2 Å². The molecule has 0 aliphatic heterocycles. The number of nitrogens with zero attached hydrogens (tertiary/aromatic N) is 2. The summed E-state index contributed by atoms with van der Waals surface area (Å²) in [5.74, 6) is 1.17. The monoisotopic (exact) mass is 337 g/mol. The number of hydrogen-bond donors (Lipinski definition) is 1. The molecule has 1 heterocycles. The maximum Gasteiger partial charge on any atom is 0.251 e. The zero-order valence-corrected chi connectivity index (χ0v) is 14.1. The van der Waals surface area contributed by atoms with Gasteiger partial charge in [0.25, 0.3) is 5.91 Å². The van der Waals surface area contributed by atoms with Crippen LogP contribution in [-0.4, -0.2) is 29.7 Å². The second-order valence-electron chi connectivity index (χ2n) is 5.39. The third-order valence-corrected chi connectivity index (χ3v) is 3.83. The van der Waals surface area contributed by atoms with Crippen LogP contribution in [0.2, 0.25) is 0 Å². The van der Waals surface area contributed by atoms with E-state index in [2.05, 4.69) is 10.3 Å². The molecule has 0 atom stereocenters. The predicted octanol–water partition coefficient (Wildman–Crippen LogP) is 2.82. The quantitative estimate of drug-likeness (QED) is 0.751. The summed E-state index contributed by atoms with van der Waals surface area (Å²) in [6, 6.07) is 12.9. The normalized spacial score (nSPS) is 10.3. The van der Waals surface area contributed by atoms with E-state index in [4.69, 9.17) is 9.47 Å². The van der Waals surface area contributed by atoms with Crippen molar-refractivity contribution in [3.8, 4) is 17.2 Å². The number of rotatable bonds is 6. The zero-order chi connectivity index (χ0) is 17.6. The molecule has 0 radical (unpaired) electrons. The highest BCUT2D eigenvalue weighted by Gasteiger charge is 2.08. The Labute approximate surface area is 146 Å². The largest absolute Gasteiger partial charge is 0.493 e. The Hall–Kier alpha value is -3.28. The number of carbonyl (C=O) groups excluding carboxylic acids is 1. The van der Waals surface area contributed by atoms with Crippen molar-refractivity contribution in [3.63, 3.8) is 0 Å². The van der Waals surface area contributed by atoms with Gasteiger partial charge in [0.15, 0.2) is 11.5 Å². The average molecular weight is 337 g/mol. The molecule has 6 nitrogen and oxygen atoms in total. The Balaban J connectivity index is 1.64. The second-order valence-corrected chi connectivity index (χ2v) is 5.39. The highest BCUT2D eigenvalue weighted by molar-refractivity contribution is 5.94. The minimum Gasteiger partial charge on any atom is -0.493 e. The number of imidazole rings is 1. The molecule has 0 fully saturated rings. The number of ether oxygens (including phenoxy) is 2. The molecule has 1 N–H and O–H groups in total. The fourth-order valence-corrected chi connectivity index (χ4v) is 2.47. The maximum atomic E-state index is 12.3. The fraction of sp³-hybridized carbons (Fsp3) is 0.158. The van der Waals surface area contributed by atoms with Crippen LogP contribution in [0.25, 0.3) is 5.69 Å². The summed E-state index contributed by atoms with van der Waals surface area (Å²) in [5, 5.41) is 2.90. The summed E-state index contributed by atoms with van der Waals surface area (Å²) in [4.78, 5) is 16.3. The Kier molecular flexibility index (Phi) is 4.99. The lowest BCUT2D eigenvalue weighted by Gasteiger charge is -2.10. The molecule has 1 aromatic heterocycles. The molecule has 6 heteroatoms. The fourth-order valence-electron chi connectivity index (χ4n) is 2.47. The molecule has 0 aliphatic carbocycles. The molecule has 0 saturated heterocycles. The molecule has 3 aromatic rings. The van der Waals surface area contributed by atoms with E-state index in [1.165, 1.54) is 0 Å². The molecule has 0 saturated carbocycles. The first-order valence-electron chi connectivity index (χ1n) is 7.79. The van der Waals surface area contributed by atoms with Gasteiger partial charge in [0.05, 0.1) is 20.5 Å². The summed E-state index contributed by atoms with van der Waals surface area (Å²) in [5.41, 5.74) is 2.49. The Bertz CT molecular complexity index is 843. The second kappa shape index (κ2) is 7.53. The van der Waals surface area contributed by atoms with Crippen molar-refractivity contribution in [3.05, 3.63) is 72.3 Å². The van der Waals surface area contributed by atoms with Crippen molar-refractivity contribution in [2.24, 2.45) is 0 Å². The Morgan fingerprint density at radius 3 is 2.48 bits per heavy atom. The Morgan fingerprint density at radius 2 is 1.84 bits per heavy atom. The molecule has 2 aromatic carbocycles. The van der Waals surface area contributed by atoms with Crippen molar-refractivity contribution >= 4 is 5.91 Å². The minimum absolute atomic E-state index is 0.132. The van der Waals surface area contributed by atoms with E-state index in [0.717, 1.165) is 11.3 Å². The predicted molar refractivity (Wildman–Crippen MR) is 94.3 cm³/mol. The van der Waals surface area contributed by atoms with Crippen molar-refractivity contribution in [2.45, 2.75) is 6.54 Å². The van der Waals surface area contributed by atoms with Gasteiger partial charge in [-0.1, -0.05) is 6.07 Å². The first kappa shape index (κ1) is 16.6. The van der Waals surface area contributed by atoms with Crippen LogP contribution in [0.5, 0.6) is 11.5 Å². The van der Waals surface area contributed by atoms with Gasteiger partial charge in [-0.15, -0.1) is 0 Å². The van der Waals surface area contributed by atoms with Gasteiger partial charge in [0.1, 0.15) is 0 Å². The molecule has 0 bridgehead atoms. The molecular weight excluding hydrogens is 318 g/mol. The number of amides is 1. The van der Waals surface area contributed by atoms with Crippen molar-refractivity contribution in [1.82, 2.24) is 14.9 Å². The summed E-state index contributed by atoms with van der Waals surface area (Å²) >= 11 is 0. The van der Waals surface area contributed by atoms with E-state index in [1.54, 1.807) is 38.9 Å². The Morgan fingerprint density at radius 1 is 1.08 bits per heavy atom. The van der Waals surface area contributed by atoms with Gasteiger partial charge in [-0.2, -0.15) is 0 Å². The number of methoxy groups -OCH3 is 2. The van der Waals surface area contributed by atoms with E-state index < -0.39 is 0 Å². The van der Waals surface area contributed by atoms with Gasteiger partial charge in [-0.3, -0.25) is 4.79 Å². The molecule has 128 valence electrons. The van der Waals surface area contributed by atoms with Gasteiger partial charge >= 0.3 is 0 Å². The van der Waals surface area contributed by atoms with Crippen LogP contribution < -0.4 is 14.8 Å². The van der Waals surface area contributed by atoms with Crippen LogP contribution in [0.1, 0.15) is 15.9 Å². The summed E-state index contributed by atoms with van der Waals surface area (Å²) in [6.45, 7) is 0.405. The summed E-state index contributed by atoms with van der Waals surface area (Å²) in [6.07, 6.45) is 5.28. The number of nitrogens with one attached hydrogen (secondary N) is 1. The standard InChI is InChI=1S/C19H19N3O3/c1-24-17-8-3-14(11-18(17)25-2)12-21-19(23)15-4-6-16(7-5-15)22-10-9-20-13-22/h3-11,13H,12H2,1-2H3,(H,21,23). The molecule has 0 unspecified atom stereocenters. The van der Waals surface area contributed by atoms with Gasteiger partial charge in [-0.05, 0) is 42.0 Å². The summed E-state index contributed by atoms with van der Waals surface area (Å²) in [7, 11) is 3.18. The van der Waals surface area contributed by atoms with Gasteiger partial charge < -0.3 is 19.4 Å². The van der Waals surface area contributed by atoms with E-state index in [-0.39, 0.29) is 5.91 Å². The molecule has 25 heavy (non-hydrogen) atoms. The SMILES string of the molecule is COc1ccc(CNC(=O)c2ccc(-n3ccnc3)cc2)cc1OC. The van der Waals surface area contributed by atoms with Crippen LogP contribution in [0.4, 0.5) is 0 Å². The lowest BCUT2D eigenvalue weighted by molar-refractivity contribution is 0.0951. The number of benzene rings is 2. The topological polar surface area (TPSA) is 65.4 Å². The van der Waals surface area contributed by atoms with Gasteiger partial charge in [0.2, 0.25) is 0 Å². The molecular formula is C19H19N3O3. The average Bonchev–Trinajstić information content (AvgIpc) is 3.20. The minimum atomic E-state index is -0.132. The van der Waals surface area contributed by atoms with Crippen LogP contribution in [0.3, 0.4) is 0 Å². The molecule has 0 spiro atoms. The van der Waals surface area contributed by atoms with Crippen LogP contribution in [-0.2, 0) is 6.54 Å². The highest BCUT2D eigenvalue weighted by atomic mass is 16.5. The van der Waals surface area contributed by atoms with Crippen LogP contribution in [0, 0.1) is 0 Å². The first-order chi connectivity index (χ1) is 12.2. The van der Waals surface area contributed by atoms with E-state index in [0.29, 0.717) is 23.6 Å². The number of aromatic nitrogens is 2. The summed E-state index contributed by atoms with van der Waals surface area (Å²) < 4.78 is 12.4. The maximum absolute atomic E-state index is 12.3. The first-order valence-corrected chi connectivity index (χ1v) is 7.79. The number of hydrogen-bond acceptors (Lipinski definition) is 4. The van der Waals surface area contributed by atoms with Crippen LogP contribution >= 0.6 is 0 Å². The molecule has 3 rings (SSSR count). The lowest BCUT2D eigenvalue weighted by atomic mass is 10.1. The highest BCUT2D eigenvalue weighted by Crippen LogP contribution is 2.27. The third kappa shape index (κ3) is 3.80. The smallest absolute Gasteiger partial charge is 0.251 e. The van der Waals surface area contributed by atoms with E-state index in [1.807, 2.05) is 41.1 Å². The van der Waals surface area contributed by atoms with E-state index in [9.17, 15) is 4.79 Å². The van der Waals surface area contributed by atoms with Gasteiger partial charge in [-0.25, -0.2) is 4.98 Å². The van der Waals surface area contributed by atoms with Crippen LogP contribution in [0.15, 0.2) is 61.2 Å². The lowest BCUT2D eigenvalue weighted by Crippen LogP contribution is -2.22. The van der Waals surface area contributed by atoms with Crippen molar-refractivity contribution in [1.29, 1.82) is 0 Å². The van der Waals surface area contributed by atoms with E-state index >= 15 is 0 Å².